The Morgan fingerprint density at radius 3 is 2.58 bits per heavy atom. The second kappa shape index (κ2) is 9.70. The molecule has 2 aliphatic rings. The van der Waals surface area contributed by atoms with Crippen LogP contribution in [-0.2, 0) is 15.0 Å². The number of carbonyl (C=O) groups is 2. The van der Waals surface area contributed by atoms with Gasteiger partial charge in [-0.1, -0.05) is 47.5 Å². The van der Waals surface area contributed by atoms with Crippen molar-refractivity contribution in [2.24, 2.45) is 0 Å². The first kappa shape index (κ1) is 25.1. The molecule has 36 heavy (non-hydrogen) atoms. The first-order valence-electron chi connectivity index (χ1n) is 11.8. The molecule has 5 rings (SSSR count). The topological polar surface area (TPSA) is 49.4 Å². The van der Waals surface area contributed by atoms with Crippen LogP contribution in [-0.4, -0.2) is 29.1 Å². The van der Waals surface area contributed by atoms with E-state index in [1.807, 2.05) is 25.1 Å². The van der Waals surface area contributed by atoms with Crippen LogP contribution in [0.5, 0.6) is 0 Å². The van der Waals surface area contributed by atoms with Gasteiger partial charge in [-0.2, -0.15) is 0 Å². The molecule has 8 heteroatoms. The highest BCUT2D eigenvalue weighted by atomic mass is 35.5. The summed E-state index contributed by atoms with van der Waals surface area (Å²) in [6.45, 7) is 2.20. The van der Waals surface area contributed by atoms with Crippen molar-refractivity contribution in [3.8, 4) is 0 Å². The minimum absolute atomic E-state index is 0.0863. The molecule has 3 aromatic rings. The number of rotatable bonds is 5. The minimum atomic E-state index is -1.25. The molecule has 2 heterocycles. The predicted molar refractivity (Wildman–Crippen MR) is 141 cm³/mol. The quantitative estimate of drug-likeness (QED) is 0.350. The van der Waals surface area contributed by atoms with Crippen LogP contribution >= 0.6 is 34.8 Å². The number of benzene rings is 3. The molecule has 0 unspecified atom stereocenters. The Morgan fingerprint density at radius 2 is 1.83 bits per heavy atom. The standard InChI is InChI=1S/C28H24Cl3FN2O2/c1-16-6-8-20(32)14-21(16)26-28(22-9-7-19(31)13-24(22)33-27(28)36)23(17-4-2-5-18(30)12-17)15-25(35)34(26)11-3-10-29/h2,4-9,12-14,23,26H,3,10-11,15H2,1H3,(H,33,36)/t23-,26+,28-/m0/s1. The van der Waals surface area contributed by atoms with Gasteiger partial charge in [-0.3, -0.25) is 9.59 Å². The number of hydrogen-bond acceptors (Lipinski definition) is 2. The SMILES string of the molecule is Cc1ccc(F)cc1[C@H]1N(CCCCl)C(=O)C[C@@H](c2cccc(Cl)c2)[C@]12C(=O)Nc1cc(Cl)ccc12. The summed E-state index contributed by atoms with van der Waals surface area (Å²) in [6.07, 6.45) is 0.619. The molecule has 0 aliphatic carbocycles. The lowest BCUT2D eigenvalue weighted by Crippen LogP contribution is -2.58. The monoisotopic (exact) mass is 544 g/mol. The van der Waals surface area contributed by atoms with E-state index in [1.165, 1.54) is 12.1 Å². The maximum atomic E-state index is 14.7. The Labute approximate surface area is 224 Å². The van der Waals surface area contributed by atoms with E-state index in [0.29, 0.717) is 40.1 Å². The number of piperidine rings is 1. The normalized spacial score (nSPS) is 23.2. The van der Waals surface area contributed by atoms with Crippen molar-refractivity contribution in [3.63, 3.8) is 0 Å². The number of alkyl halides is 1. The average Bonchev–Trinajstić information content (AvgIpc) is 3.12. The molecule has 0 saturated carbocycles. The number of nitrogens with one attached hydrogen (secondary N) is 1. The number of amides is 2. The molecule has 0 aromatic heterocycles. The summed E-state index contributed by atoms with van der Waals surface area (Å²) in [5, 5.41) is 4.01. The summed E-state index contributed by atoms with van der Waals surface area (Å²) in [5.41, 5.74) is 2.20. The molecule has 4 nitrogen and oxygen atoms in total. The third-order valence-electron chi connectivity index (χ3n) is 7.36. The van der Waals surface area contributed by atoms with Crippen molar-refractivity contribution in [1.82, 2.24) is 4.90 Å². The molecule has 1 N–H and O–H groups in total. The molecular formula is C28H24Cl3FN2O2. The number of carbonyl (C=O) groups excluding carboxylic acids is 2. The van der Waals surface area contributed by atoms with E-state index in [1.54, 1.807) is 35.2 Å². The summed E-state index contributed by atoms with van der Waals surface area (Å²) in [7, 11) is 0. The first-order valence-corrected chi connectivity index (χ1v) is 13.0. The third kappa shape index (κ3) is 3.98. The molecule has 1 fully saturated rings. The summed E-state index contributed by atoms with van der Waals surface area (Å²) in [5.74, 6) is -1.02. The number of aryl methyl sites for hydroxylation is 1. The van der Waals surface area contributed by atoms with Crippen LogP contribution in [0.1, 0.15) is 47.1 Å². The number of halogens is 4. The van der Waals surface area contributed by atoms with Gasteiger partial charge < -0.3 is 10.2 Å². The molecule has 186 valence electrons. The van der Waals surface area contributed by atoms with E-state index in [4.69, 9.17) is 34.8 Å². The smallest absolute Gasteiger partial charge is 0.238 e. The third-order valence-corrected chi connectivity index (χ3v) is 8.10. The first-order chi connectivity index (χ1) is 17.3. The van der Waals surface area contributed by atoms with Gasteiger partial charge in [0.15, 0.2) is 0 Å². The molecule has 2 amide bonds. The number of nitrogens with zero attached hydrogens (tertiary/aromatic N) is 1. The fourth-order valence-corrected chi connectivity index (χ4v) is 6.38. The van der Waals surface area contributed by atoms with Crippen LogP contribution < -0.4 is 5.32 Å². The van der Waals surface area contributed by atoms with E-state index in [2.05, 4.69) is 5.32 Å². The van der Waals surface area contributed by atoms with Crippen molar-refractivity contribution in [2.75, 3.05) is 17.7 Å². The van der Waals surface area contributed by atoms with Crippen LogP contribution in [0.25, 0.3) is 0 Å². The molecule has 3 atom stereocenters. The maximum absolute atomic E-state index is 14.7. The van der Waals surface area contributed by atoms with Gasteiger partial charge in [-0.15, -0.1) is 11.6 Å². The Balaban J connectivity index is 1.86. The van der Waals surface area contributed by atoms with Crippen molar-refractivity contribution in [3.05, 3.63) is 98.8 Å². The van der Waals surface area contributed by atoms with Gasteiger partial charge in [0.05, 0.1) is 6.04 Å². The van der Waals surface area contributed by atoms with Crippen LogP contribution in [0.15, 0.2) is 60.7 Å². The highest BCUT2D eigenvalue weighted by molar-refractivity contribution is 6.31. The number of hydrogen-bond donors (Lipinski definition) is 1. The fourth-order valence-electron chi connectivity index (χ4n) is 5.89. The van der Waals surface area contributed by atoms with Crippen LogP contribution in [0.2, 0.25) is 10.0 Å². The van der Waals surface area contributed by atoms with Gasteiger partial charge in [-0.05, 0) is 72.0 Å². The lowest BCUT2D eigenvalue weighted by atomic mass is 9.58. The van der Waals surface area contributed by atoms with Gasteiger partial charge in [0.1, 0.15) is 11.2 Å². The molecule has 0 bridgehead atoms. The molecular weight excluding hydrogens is 522 g/mol. The number of anilines is 1. The summed E-state index contributed by atoms with van der Waals surface area (Å²) in [6, 6.07) is 16.3. The van der Waals surface area contributed by atoms with Crippen LogP contribution in [0.4, 0.5) is 10.1 Å². The number of likely N-dealkylation sites (tertiary alicyclic amines) is 1. The lowest BCUT2D eigenvalue weighted by molar-refractivity contribution is -0.145. The maximum Gasteiger partial charge on any atom is 0.238 e. The van der Waals surface area contributed by atoms with E-state index in [0.717, 1.165) is 16.7 Å². The van der Waals surface area contributed by atoms with E-state index in [-0.39, 0.29) is 18.2 Å². The van der Waals surface area contributed by atoms with E-state index >= 15 is 0 Å². The molecule has 0 radical (unpaired) electrons. The van der Waals surface area contributed by atoms with Crippen molar-refractivity contribution >= 4 is 52.3 Å². The molecule has 2 aliphatic heterocycles. The zero-order valence-electron chi connectivity index (χ0n) is 19.5. The van der Waals surface area contributed by atoms with Gasteiger partial charge in [0, 0.05) is 40.5 Å². The molecule has 3 aromatic carbocycles. The predicted octanol–water partition coefficient (Wildman–Crippen LogP) is 7.02. The fraction of sp³-hybridized carbons (Fsp3) is 0.286. The Morgan fingerprint density at radius 1 is 1.06 bits per heavy atom. The lowest BCUT2D eigenvalue weighted by Gasteiger charge is -2.52. The number of fused-ring (bicyclic) bond motifs is 2. The van der Waals surface area contributed by atoms with Gasteiger partial charge in [-0.25, -0.2) is 4.39 Å². The highest BCUT2D eigenvalue weighted by Crippen LogP contribution is 2.60. The zero-order chi connectivity index (χ0) is 25.6. The largest absolute Gasteiger partial charge is 0.334 e. The second-order valence-electron chi connectivity index (χ2n) is 9.36. The molecule has 1 spiro atoms. The Bertz CT molecular complexity index is 1360. The zero-order valence-corrected chi connectivity index (χ0v) is 21.8. The molecule has 1 saturated heterocycles. The van der Waals surface area contributed by atoms with Gasteiger partial charge in [0.2, 0.25) is 11.8 Å². The van der Waals surface area contributed by atoms with Crippen LogP contribution in [0, 0.1) is 12.7 Å². The Hall–Kier alpha value is -2.60. The summed E-state index contributed by atoms with van der Waals surface area (Å²) < 4.78 is 14.7. The van der Waals surface area contributed by atoms with Gasteiger partial charge in [0.25, 0.3) is 0 Å². The van der Waals surface area contributed by atoms with E-state index < -0.39 is 23.2 Å². The van der Waals surface area contributed by atoms with Crippen molar-refractivity contribution in [2.45, 2.75) is 37.1 Å². The van der Waals surface area contributed by atoms with Crippen LogP contribution in [0.3, 0.4) is 0 Å². The van der Waals surface area contributed by atoms with Crippen molar-refractivity contribution < 1.29 is 14.0 Å². The minimum Gasteiger partial charge on any atom is -0.334 e. The highest BCUT2D eigenvalue weighted by Gasteiger charge is 2.63. The van der Waals surface area contributed by atoms with E-state index in [9.17, 15) is 14.0 Å². The van der Waals surface area contributed by atoms with Gasteiger partial charge >= 0.3 is 0 Å². The van der Waals surface area contributed by atoms with Crippen molar-refractivity contribution in [1.29, 1.82) is 0 Å². The summed E-state index contributed by atoms with van der Waals surface area (Å²) in [4.78, 5) is 29.7. The second-order valence-corrected chi connectivity index (χ2v) is 10.6. The Kier molecular flexibility index (Phi) is 6.75. The summed E-state index contributed by atoms with van der Waals surface area (Å²) >= 11 is 18.7. The average molecular weight is 546 g/mol.